The fourth-order valence-corrected chi connectivity index (χ4v) is 1.86. The first-order chi connectivity index (χ1) is 8.88. The van der Waals surface area contributed by atoms with Crippen molar-refractivity contribution in [3.63, 3.8) is 0 Å². The number of hydrogen-bond acceptors (Lipinski definition) is 3. The molecule has 1 N–H and O–H groups in total. The highest BCUT2D eigenvalue weighted by Crippen LogP contribution is 2.02. The lowest BCUT2D eigenvalue weighted by atomic mass is 10.2. The summed E-state index contributed by atoms with van der Waals surface area (Å²) in [7, 11) is 0. The van der Waals surface area contributed by atoms with Crippen LogP contribution in [0.2, 0.25) is 0 Å². The molecule has 0 bridgehead atoms. The molecule has 0 atom stereocenters. The molecule has 4 nitrogen and oxygen atoms in total. The van der Waals surface area contributed by atoms with Gasteiger partial charge in [-0.2, -0.15) is 0 Å². The van der Waals surface area contributed by atoms with Gasteiger partial charge in [-0.05, 0) is 24.6 Å². The summed E-state index contributed by atoms with van der Waals surface area (Å²) < 4.78 is 2.15. The molecule has 2 heterocycles. The van der Waals surface area contributed by atoms with Gasteiger partial charge >= 0.3 is 0 Å². The average molecular weight is 244 g/mol. The van der Waals surface area contributed by atoms with E-state index in [9.17, 15) is 0 Å². The molecule has 0 amide bonds. The van der Waals surface area contributed by atoms with Crippen LogP contribution in [-0.4, -0.2) is 27.6 Å². The maximum atomic E-state index is 4.41. The lowest BCUT2D eigenvalue weighted by Crippen LogP contribution is -2.16. The Balaban J connectivity index is 1.80. The van der Waals surface area contributed by atoms with Gasteiger partial charge in [-0.1, -0.05) is 13.0 Å². The SMILES string of the molecule is CCNCCc1cn(CCc2cccnc2)cn1. The highest BCUT2D eigenvalue weighted by molar-refractivity contribution is 5.08. The number of pyridine rings is 1. The fourth-order valence-electron chi connectivity index (χ4n) is 1.86. The van der Waals surface area contributed by atoms with Crippen molar-refractivity contribution in [3.8, 4) is 0 Å². The standard InChI is InChI=1S/C14H20N4/c1-2-15-8-5-14-11-18(12-17-14)9-6-13-4-3-7-16-10-13/h3-4,7,10-12,15H,2,5-6,8-9H2,1H3. The Hall–Kier alpha value is -1.68. The Morgan fingerprint density at radius 1 is 1.33 bits per heavy atom. The molecule has 18 heavy (non-hydrogen) atoms. The lowest BCUT2D eigenvalue weighted by Gasteiger charge is -2.01. The molecule has 0 aliphatic heterocycles. The maximum Gasteiger partial charge on any atom is 0.0949 e. The minimum Gasteiger partial charge on any atom is -0.337 e. The molecule has 2 aromatic rings. The van der Waals surface area contributed by atoms with Crippen molar-refractivity contribution >= 4 is 0 Å². The summed E-state index contributed by atoms with van der Waals surface area (Å²) in [5.74, 6) is 0. The van der Waals surface area contributed by atoms with Crippen molar-refractivity contribution < 1.29 is 0 Å². The Morgan fingerprint density at radius 2 is 2.28 bits per heavy atom. The van der Waals surface area contributed by atoms with Crippen molar-refractivity contribution in [3.05, 3.63) is 48.3 Å². The summed E-state index contributed by atoms with van der Waals surface area (Å²) >= 11 is 0. The monoisotopic (exact) mass is 244 g/mol. The van der Waals surface area contributed by atoms with Crippen LogP contribution in [0, 0.1) is 0 Å². The molecule has 2 rings (SSSR count). The van der Waals surface area contributed by atoms with Crippen LogP contribution < -0.4 is 5.32 Å². The van der Waals surface area contributed by atoms with Crippen LogP contribution in [0.5, 0.6) is 0 Å². The van der Waals surface area contributed by atoms with Crippen LogP contribution in [0.3, 0.4) is 0 Å². The van der Waals surface area contributed by atoms with Gasteiger partial charge in [-0.3, -0.25) is 4.98 Å². The summed E-state index contributed by atoms with van der Waals surface area (Å²) in [6.45, 7) is 5.09. The Kier molecular flexibility index (Phi) is 4.90. The minimum absolute atomic E-state index is 0.958. The molecule has 0 aromatic carbocycles. The second-order valence-corrected chi connectivity index (χ2v) is 4.32. The minimum atomic E-state index is 0.958. The molecule has 4 heteroatoms. The van der Waals surface area contributed by atoms with Crippen molar-refractivity contribution in [2.75, 3.05) is 13.1 Å². The molecular formula is C14H20N4. The van der Waals surface area contributed by atoms with E-state index >= 15 is 0 Å². The largest absolute Gasteiger partial charge is 0.337 e. The summed E-state index contributed by atoms with van der Waals surface area (Å²) in [5.41, 5.74) is 2.42. The smallest absolute Gasteiger partial charge is 0.0949 e. The van der Waals surface area contributed by atoms with Gasteiger partial charge in [0, 0.05) is 38.1 Å². The van der Waals surface area contributed by atoms with Crippen LogP contribution in [0.15, 0.2) is 37.1 Å². The third-order valence-electron chi connectivity index (χ3n) is 2.88. The number of aromatic nitrogens is 3. The van der Waals surface area contributed by atoms with Crippen LogP contribution in [-0.2, 0) is 19.4 Å². The Bertz CT molecular complexity index is 450. The first-order valence-corrected chi connectivity index (χ1v) is 6.48. The summed E-state index contributed by atoms with van der Waals surface area (Å²) in [4.78, 5) is 8.53. The van der Waals surface area contributed by atoms with Crippen molar-refractivity contribution in [2.24, 2.45) is 0 Å². The van der Waals surface area contributed by atoms with E-state index in [0.717, 1.165) is 38.2 Å². The number of imidazole rings is 1. The van der Waals surface area contributed by atoms with Crippen LogP contribution in [0.4, 0.5) is 0 Å². The summed E-state index contributed by atoms with van der Waals surface area (Å²) in [6, 6.07) is 4.08. The van der Waals surface area contributed by atoms with Crippen molar-refractivity contribution in [2.45, 2.75) is 26.3 Å². The van der Waals surface area contributed by atoms with E-state index in [1.165, 1.54) is 5.56 Å². The number of hydrogen-bond donors (Lipinski definition) is 1. The number of rotatable bonds is 7. The molecule has 0 aliphatic carbocycles. The average Bonchev–Trinajstić information content (AvgIpc) is 2.86. The highest BCUT2D eigenvalue weighted by atomic mass is 15.0. The molecule has 0 fully saturated rings. The van der Waals surface area contributed by atoms with Gasteiger partial charge in [0.25, 0.3) is 0 Å². The maximum absolute atomic E-state index is 4.41. The van der Waals surface area contributed by atoms with E-state index in [-0.39, 0.29) is 0 Å². The third-order valence-corrected chi connectivity index (χ3v) is 2.88. The summed E-state index contributed by atoms with van der Waals surface area (Å²) in [5, 5.41) is 3.31. The quantitative estimate of drug-likeness (QED) is 0.753. The molecular weight excluding hydrogens is 224 g/mol. The zero-order chi connectivity index (χ0) is 12.6. The first-order valence-electron chi connectivity index (χ1n) is 6.48. The molecule has 0 unspecified atom stereocenters. The van der Waals surface area contributed by atoms with Gasteiger partial charge in [0.15, 0.2) is 0 Å². The molecule has 0 saturated heterocycles. The second-order valence-electron chi connectivity index (χ2n) is 4.32. The summed E-state index contributed by atoms with van der Waals surface area (Å²) in [6.07, 6.45) is 9.76. The van der Waals surface area contributed by atoms with Crippen molar-refractivity contribution in [1.29, 1.82) is 0 Å². The first kappa shape index (κ1) is 12.8. The van der Waals surface area contributed by atoms with Crippen LogP contribution in [0.25, 0.3) is 0 Å². The van der Waals surface area contributed by atoms with E-state index < -0.39 is 0 Å². The zero-order valence-corrected chi connectivity index (χ0v) is 10.8. The molecule has 0 radical (unpaired) electrons. The van der Waals surface area contributed by atoms with Gasteiger partial charge in [0.05, 0.1) is 12.0 Å². The van der Waals surface area contributed by atoms with E-state index in [1.54, 1.807) is 6.20 Å². The topological polar surface area (TPSA) is 42.7 Å². The van der Waals surface area contributed by atoms with Crippen LogP contribution in [0.1, 0.15) is 18.2 Å². The molecule has 2 aromatic heterocycles. The van der Waals surface area contributed by atoms with Crippen molar-refractivity contribution in [1.82, 2.24) is 19.9 Å². The second kappa shape index (κ2) is 6.91. The van der Waals surface area contributed by atoms with E-state index in [0.29, 0.717) is 0 Å². The van der Waals surface area contributed by atoms with Gasteiger partial charge in [-0.15, -0.1) is 0 Å². The van der Waals surface area contributed by atoms with E-state index in [4.69, 9.17) is 0 Å². The predicted molar refractivity (Wildman–Crippen MR) is 72.4 cm³/mol. The fraction of sp³-hybridized carbons (Fsp3) is 0.429. The van der Waals surface area contributed by atoms with Gasteiger partial charge < -0.3 is 9.88 Å². The van der Waals surface area contributed by atoms with E-state index in [2.05, 4.69) is 39.0 Å². The molecule has 0 saturated carbocycles. The van der Waals surface area contributed by atoms with Crippen LogP contribution >= 0.6 is 0 Å². The highest BCUT2D eigenvalue weighted by Gasteiger charge is 1.99. The van der Waals surface area contributed by atoms with Gasteiger partial charge in [0.1, 0.15) is 0 Å². The molecule has 0 spiro atoms. The number of aryl methyl sites for hydroxylation is 2. The molecule has 0 aliphatic rings. The zero-order valence-electron chi connectivity index (χ0n) is 10.8. The number of nitrogens with zero attached hydrogens (tertiary/aromatic N) is 3. The predicted octanol–water partition coefficient (Wildman–Crippen LogP) is 1.67. The number of nitrogens with one attached hydrogen (secondary N) is 1. The normalized spacial score (nSPS) is 10.7. The lowest BCUT2D eigenvalue weighted by molar-refractivity contribution is 0.689. The Labute approximate surface area is 108 Å². The van der Waals surface area contributed by atoms with Gasteiger partial charge in [0.2, 0.25) is 0 Å². The van der Waals surface area contributed by atoms with Gasteiger partial charge in [-0.25, -0.2) is 4.98 Å². The molecule has 96 valence electrons. The van der Waals surface area contributed by atoms with E-state index in [1.807, 2.05) is 18.6 Å². The number of likely N-dealkylation sites (N-methyl/N-ethyl adjacent to an activating group) is 1. The Morgan fingerprint density at radius 3 is 3.06 bits per heavy atom. The third kappa shape index (κ3) is 3.96.